The first-order chi connectivity index (χ1) is 6.07. The number of carbonyl (C=O) groups is 1. The second-order valence-corrected chi connectivity index (χ2v) is 2.88. The molecule has 0 aromatic carbocycles. The van der Waals surface area contributed by atoms with Crippen molar-refractivity contribution in [2.45, 2.75) is 13.8 Å². The van der Waals surface area contributed by atoms with Crippen molar-refractivity contribution in [2.75, 3.05) is 12.4 Å². The van der Waals surface area contributed by atoms with Crippen LogP contribution in [0.25, 0.3) is 0 Å². The number of nitrogens with zero attached hydrogens (tertiary/aromatic N) is 1. The summed E-state index contributed by atoms with van der Waals surface area (Å²) in [5.74, 6) is 0.346. The van der Waals surface area contributed by atoms with Crippen LogP contribution in [0.15, 0.2) is 6.20 Å². The summed E-state index contributed by atoms with van der Waals surface area (Å²) in [7, 11) is 1.79. The van der Waals surface area contributed by atoms with Gasteiger partial charge in [0.05, 0.1) is 5.56 Å². The maximum atomic E-state index is 10.9. The molecule has 0 aliphatic carbocycles. The molecular formula is C9H13N3O. The fraction of sp³-hybridized carbons (Fsp3) is 0.333. The lowest BCUT2D eigenvalue weighted by atomic mass is 10.1. The largest absolute Gasteiger partial charge is 0.373 e. The van der Waals surface area contributed by atoms with Crippen LogP contribution in [0.4, 0.5) is 5.82 Å². The number of nitrogens with two attached hydrogens (primary N) is 1. The quantitative estimate of drug-likeness (QED) is 0.706. The van der Waals surface area contributed by atoms with Crippen LogP contribution in [-0.2, 0) is 0 Å². The van der Waals surface area contributed by atoms with Crippen molar-refractivity contribution in [1.29, 1.82) is 0 Å². The topological polar surface area (TPSA) is 68.0 Å². The van der Waals surface area contributed by atoms with Gasteiger partial charge >= 0.3 is 0 Å². The van der Waals surface area contributed by atoms with Crippen LogP contribution in [-0.4, -0.2) is 17.9 Å². The standard InChI is InChI=1S/C9H13N3O/c1-5-6(2)9(11-3)12-4-7(5)8(10)13/h4H,1-3H3,(H2,10,13)(H,11,12). The highest BCUT2D eigenvalue weighted by molar-refractivity contribution is 5.94. The molecule has 1 aromatic rings. The monoisotopic (exact) mass is 179 g/mol. The fourth-order valence-electron chi connectivity index (χ4n) is 1.20. The third-order valence-electron chi connectivity index (χ3n) is 2.15. The Balaban J connectivity index is 3.31. The minimum absolute atomic E-state index is 0.434. The highest BCUT2D eigenvalue weighted by atomic mass is 16.1. The third kappa shape index (κ3) is 1.61. The molecule has 1 heterocycles. The van der Waals surface area contributed by atoms with E-state index in [0.717, 1.165) is 16.9 Å². The van der Waals surface area contributed by atoms with Crippen LogP contribution in [0.2, 0.25) is 0 Å². The van der Waals surface area contributed by atoms with Crippen LogP contribution < -0.4 is 11.1 Å². The summed E-state index contributed by atoms with van der Waals surface area (Å²) in [6.45, 7) is 3.76. The molecule has 4 nitrogen and oxygen atoms in total. The number of hydrogen-bond donors (Lipinski definition) is 2. The Bertz CT molecular complexity index is 347. The molecule has 4 heteroatoms. The van der Waals surface area contributed by atoms with Gasteiger partial charge in [-0.25, -0.2) is 4.98 Å². The number of primary amides is 1. The predicted molar refractivity (Wildman–Crippen MR) is 51.8 cm³/mol. The number of aromatic nitrogens is 1. The summed E-state index contributed by atoms with van der Waals surface area (Å²) in [5.41, 5.74) is 7.50. The summed E-state index contributed by atoms with van der Waals surface area (Å²) < 4.78 is 0. The first kappa shape index (κ1) is 9.51. The van der Waals surface area contributed by atoms with E-state index < -0.39 is 5.91 Å². The van der Waals surface area contributed by atoms with E-state index in [9.17, 15) is 4.79 Å². The zero-order valence-corrected chi connectivity index (χ0v) is 8.01. The minimum atomic E-state index is -0.434. The predicted octanol–water partition coefficient (Wildman–Crippen LogP) is 0.839. The molecule has 0 bridgehead atoms. The second-order valence-electron chi connectivity index (χ2n) is 2.88. The number of pyridine rings is 1. The van der Waals surface area contributed by atoms with Gasteiger partial charge in [-0.2, -0.15) is 0 Å². The molecule has 70 valence electrons. The van der Waals surface area contributed by atoms with Crippen LogP contribution >= 0.6 is 0 Å². The maximum Gasteiger partial charge on any atom is 0.250 e. The molecule has 0 aliphatic rings. The Morgan fingerprint density at radius 2 is 2.08 bits per heavy atom. The van der Waals surface area contributed by atoms with Crippen LogP contribution in [0.5, 0.6) is 0 Å². The Hall–Kier alpha value is -1.58. The number of carbonyl (C=O) groups excluding carboxylic acids is 1. The van der Waals surface area contributed by atoms with Gasteiger partial charge < -0.3 is 11.1 Å². The van der Waals surface area contributed by atoms with Gasteiger partial charge in [0.1, 0.15) is 5.82 Å². The van der Waals surface area contributed by atoms with E-state index in [-0.39, 0.29) is 0 Å². The number of nitrogens with one attached hydrogen (secondary N) is 1. The number of anilines is 1. The SMILES string of the molecule is CNc1ncc(C(N)=O)c(C)c1C. The smallest absolute Gasteiger partial charge is 0.250 e. The van der Waals surface area contributed by atoms with Crippen molar-refractivity contribution in [3.63, 3.8) is 0 Å². The minimum Gasteiger partial charge on any atom is -0.373 e. The highest BCUT2D eigenvalue weighted by Gasteiger charge is 2.09. The molecule has 3 N–H and O–H groups in total. The average molecular weight is 179 g/mol. The fourth-order valence-corrected chi connectivity index (χ4v) is 1.20. The molecule has 13 heavy (non-hydrogen) atoms. The Morgan fingerprint density at radius 1 is 1.46 bits per heavy atom. The molecule has 0 saturated heterocycles. The van der Waals surface area contributed by atoms with Gasteiger partial charge in [0.15, 0.2) is 0 Å². The highest BCUT2D eigenvalue weighted by Crippen LogP contribution is 2.18. The Morgan fingerprint density at radius 3 is 2.54 bits per heavy atom. The van der Waals surface area contributed by atoms with Crippen LogP contribution in [0, 0.1) is 13.8 Å². The second kappa shape index (κ2) is 3.43. The van der Waals surface area contributed by atoms with Gasteiger partial charge in [-0.05, 0) is 25.0 Å². The summed E-state index contributed by atoms with van der Waals surface area (Å²) in [5, 5.41) is 2.94. The molecule has 0 spiro atoms. The lowest BCUT2D eigenvalue weighted by molar-refractivity contribution is 0.0999. The van der Waals surface area contributed by atoms with E-state index in [1.807, 2.05) is 13.8 Å². The lowest BCUT2D eigenvalue weighted by Gasteiger charge is -2.09. The van der Waals surface area contributed by atoms with Crippen molar-refractivity contribution in [3.05, 3.63) is 22.9 Å². The van der Waals surface area contributed by atoms with E-state index in [4.69, 9.17) is 5.73 Å². The van der Waals surface area contributed by atoms with Crippen molar-refractivity contribution < 1.29 is 4.79 Å². The first-order valence-electron chi connectivity index (χ1n) is 4.01. The molecule has 0 fully saturated rings. The van der Waals surface area contributed by atoms with Crippen LogP contribution in [0.1, 0.15) is 21.5 Å². The zero-order chi connectivity index (χ0) is 10.0. The lowest BCUT2D eigenvalue weighted by Crippen LogP contribution is -2.14. The first-order valence-corrected chi connectivity index (χ1v) is 4.01. The zero-order valence-electron chi connectivity index (χ0n) is 8.01. The molecule has 1 amide bonds. The Kier molecular flexibility index (Phi) is 2.51. The summed E-state index contributed by atoms with van der Waals surface area (Å²) in [6, 6.07) is 0. The number of amides is 1. The summed E-state index contributed by atoms with van der Waals surface area (Å²) in [4.78, 5) is 15.0. The third-order valence-corrected chi connectivity index (χ3v) is 2.15. The van der Waals surface area contributed by atoms with Gasteiger partial charge in [-0.3, -0.25) is 4.79 Å². The molecule has 0 unspecified atom stereocenters. The van der Waals surface area contributed by atoms with Crippen molar-refractivity contribution in [2.24, 2.45) is 5.73 Å². The molecule has 0 atom stereocenters. The van der Waals surface area contributed by atoms with E-state index in [1.165, 1.54) is 6.20 Å². The normalized spacial score (nSPS) is 9.77. The maximum absolute atomic E-state index is 10.9. The van der Waals surface area contributed by atoms with Gasteiger partial charge in [-0.15, -0.1) is 0 Å². The van der Waals surface area contributed by atoms with Gasteiger partial charge in [0, 0.05) is 13.2 Å². The molecule has 1 aromatic heterocycles. The molecule has 1 rings (SSSR count). The van der Waals surface area contributed by atoms with E-state index in [1.54, 1.807) is 7.05 Å². The van der Waals surface area contributed by atoms with Gasteiger partial charge in [0.25, 0.3) is 5.91 Å². The Labute approximate surface area is 77.2 Å². The number of rotatable bonds is 2. The van der Waals surface area contributed by atoms with Crippen molar-refractivity contribution in [1.82, 2.24) is 4.98 Å². The van der Waals surface area contributed by atoms with E-state index in [2.05, 4.69) is 10.3 Å². The molecule has 0 radical (unpaired) electrons. The van der Waals surface area contributed by atoms with Crippen molar-refractivity contribution in [3.8, 4) is 0 Å². The summed E-state index contributed by atoms with van der Waals surface area (Å²) >= 11 is 0. The van der Waals surface area contributed by atoms with E-state index >= 15 is 0 Å². The van der Waals surface area contributed by atoms with Gasteiger partial charge in [-0.1, -0.05) is 0 Å². The molecule has 0 saturated carbocycles. The molecular weight excluding hydrogens is 166 g/mol. The van der Waals surface area contributed by atoms with Gasteiger partial charge in [0.2, 0.25) is 0 Å². The molecule has 0 aliphatic heterocycles. The summed E-state index contributed by atoms with van der Waals surface area (Å²) in [6.07, 6.45) is 1.50. The van der Waals surface area contributed by atoms with E-state index in [0.29, 0.717) is 5.56 Å². The number of hydrogen-bond acceptors (Lipinski definition) is 3. The van der Waals surface area contributed by atoms with Crippen molar-refractivity contribution >= 4 is 11.7 Å². The van der Waals surface area contributed by atoms with Crippen LogP contribution in [0.3, 0.4) is 0 Å². The average Bonchev–Trinajstić information content (AvgIpc) is 2.09.